The van der Waals surface area contributed by atoms with E-state index in [4.69, 9.17) is 0 Å². The van der Waals surface area contributed by atoms with Crippen LogP contribution in [0.4, 0.5) is 0 Å². The Kier molecular flexibility index (Phi) is 5.83. The fourth-order valence-corrected chi connectivity index (χ4v) is 3.67. The lowest BCUT2D eigenvalue weighted by Gasteiger charge is -2.34. The molecule has 3 rings (SSSR count). The van der Waals surface area contributed by atoms with Gasteiger partial charge in [0.1, 0.15) is 0 Å². The van der Waals surface area contributed by atoms with Gasteiger partial charge in [-0.3, -0.25) is 14.5 Å². The Morgan fingerprint density at radius 3 is 2.52 bits per heavy atom. The van der Waals surface area contributed by atoms with Crippen molar-refractivity contribution in [1.82, 2.24) is 15.1 Å². The van der Waals surface area contributed by atoms with Crippen molar-refractivity contribution in [2.45, 2.75) is 6.92 Å². The van der Waals surface area contributed by atoms with E-state index < -0.39 is 0 Å². The van der Waals surface area contributed by atoms with Gasteiger partial charge in [0.05, 0.1) is 4.88 Å². The quantitative estimate of drug-likeness (QED) is 0.893. The fourth-order valence-electron chi connectivity index (χ4n) is 2.98. The summed E-state index contributed by atoms with van der Waals surface area (Å²) in [5.41, 5.74) is 1.72. The highest BCUT2D eigenvalue weighted by molar-refractivity contribution is 7.12. The topological polar surface area (TPSA) is 52.7 Å². The number of rotatable bonds is 5. The molecule has 6 heteroatoms. The number of hydrogen-bond donors (Lipinski definition) is 1. The lowest BCUT2D eigenvalue weighted by atomic mass is 10.1. The Hall–Kier alpha value is -2.18. The third kappa shape index (κ3) is 4.46. The number of nitrogens with one attached hydrogen (secondary N) is 1. The summed E-state index contributed by atoms with van der Waals surface area (Å²) < 4.78 is 0. The molecule has 0 unspecified atom stereocenters. The smallest absolute Gasteiger partial charge is 0.264 e. The van der Waals surface area contributed by atoms with Crippen LogP contribution in [0.2, 0.25) is 0 Å². The lowest BCUT2D eigenvalue weighted by molar-refractivity contribution is 0.0643. The van der Waals surface area contributed by atoms with Crippen LogP contribution in [0, 0.1) is 6.92 Å². The maximum Gasteiger partial charge on any atom is 0.264 e. The van der Waals surface area contributed by atoms with Gasteiger partial charge in [0, 0.05) is 44.8 Å². The molecular weight excluding hydrogens is 334 g/mol. The van der Waals surface area contributed by atoms with Crippen molar-refractivity contribution >= 4 is 23.2 Å². The molecule has 1 aliphatic rings. The van der Waals surface area contributed by atoms with Gasteiger partial charge < -0.3 is 10.2 Å². The molecule has 0 aliphatic carbocycles. The van der Waals surface area contributed by atoms with Crippen LogP contribution in [-0.2, 0) is 0 Å². The predicted octanol–water partition coefficient (Wildman–Crippen LogP) is 2.24. The van der Waals surface area contributed by atoms with Crippen molar-refractivity contribution in [2.75, 3.05) is 39.3 Å². The molecule has 2 heterocycles. The monoisotopic (exact) mass is 357 g/mol. The maximum absolute atomic E-state index is 12.3. The minimum Gasteiger partial charge on any atom is -0.351 e. The van der Waals surface area contributed by atoms with Crippen LogP contribution in [0.1, 0.15) is 25.6 Å². The van der Waals surface area contributed by atoms with E-state index >= 15 is 0 Å². The summed E-state index contributed by atoms with van der Waals surface area (Å²) >= 11 is 1.49. The Labute approximate surface area is 152 Å². The molecule has 2 amide bonds. The minimum atomic E-state index is -0.0235. The van der Waals surface area contributed by atoms with Gasteiger partial charge in [0.15, 0.2) is 0 Å². The summed E-state index contributed by atoms with van der Waals surface area (Å²) in [6, 6.07) is 11.4. The summed E-state index contributed by atoms with van der Waals surface area (Å²) in [6.45, 7) is 6.53. The average molecular weight is 357 g/mol. The number of hydrogen-bond acceptors (Lipinski definition) is 4. The van der Waals surface area contributed by atoms with Crippen LogP contribution in [0.15, 0.2) is 41.8 Å². The summed E-state index contributed by atoms with van der Waals surface area (Å²) in [5, 5.41) is 4.92. The molecule has 25 heavy (non-hydrogen) atoms. The van der Waals surface area contributed by atoms with Gasteiger partial charge in [-0.1, -0.05) is 24.3 Å². The van der Waals surface area contributed by atoms with Gasteiger partial charge >= 0.3 is 0 Å². The van der Waals surface area contributed by atoms with E-state index in [2.05, 4.69) is 10.2 Å². The molecule has 1 saturated heterocycles. The number of benzene rings is 1. The second-order valence-corrected chi connectivity index (χ2v) is 7.13. The molecule has 2 aromatic rings. The molecule has 1 aliphatic heterocycles. The molecule has 0 spiro atoms. The van der Waals surface area contributed by atoms with Crippen LogP contribution in [-0.4, -0.2) is 60.9 Å². The van der Waals surface area contributed by atoms with Crippen LogP contribution in [0.25, 0.3) is 0 Å². The normalized spacial score (nSPS) is 15.2. The molecule has 132 valence electrons. The van der Waals surface area contributed by atoms with E-state index in [1.54, 1.807) is 0 Å². The molecule has 1 aromatic carbocycles. The Morgan fingerprint density at radius 1 is 1.08 bits per heavy atom. The Bertz CT molecular complexity index is 722. The first-order chi connectivity index (χ1) is 12.1. The van der Waals surface area contributed by atoms with E-state index in [0.29, 0.717) is 6.54 Å². The molecule has 0 atom stereocenters. The maximum atomic E-state index is 12.3. The zero-order valence-corrected chi connectivity index (χ0v) is 15.2. The van der Waals surface area contributed by atoms with Gasteiger partial charge in [0.25, 0.3) is 11.8 Å². The second kappa shape index (κ2) is 8.27. The summed E-state index contributed by atoms with van der Waals surface area (Å²) in [6.07, 6.45) is 0. The first-order valence-corrected chi connectivity index (χ1v) is 9.42. The third-order valence-electron chi connectivity index (χ3n) is 4.49. The van der Waals surface area contributed by atoms with Gasteiger partial charge in [-0.05, 0) is 30.0 Å². The lowest BCUT2D eigenvalue weighted by Crippen LogP contribution is -2.50. The molecule has 0 bridgehead atoms. The number of aryl methyl sites for hydroxylation is 1. The highest BCUT2D eigenvalue weighted by Crippen LogP contribution is 2.13. The van der Waals surface area contributed by atoms with Crippen molar-refractivity contribution in [1.29, 1.82) is 0 Å². The van der Waals surface area contributed by atoms with E-state index in [9.17, 15) is 9.59 Å². The predicted molar refractivity (Wildman–Crippen MR) is 100 cm³/mol. The van der Waals surface area contributed by atoms with Crippen molar-refractivity contribution in [3.63, 3.8) is 0 Å². The molecule has 1 aromatic heterocycles. The fraction of sp³-hybridized carbons (Fsp3) is 0.368. The summed E-state index contributed by atoms with van der Waals surface area (Å²) in [4.78, 5) is 29.5. The standard InChI is InChI=1S/C19H23N3O2S/c1-15-5-2-3-6-16(15)18(23)20-8-9-21-10-12-22(13-11-21)19(24)17-7-4-14-25-17/h2-7,14H,8-13H2,1H3,(H,20,23). The van der Waals surface area contributed by atoms with Crippen LogP contribution in [0.3, 0.4) is 0 Å². The summed E-state index contributed by atoms with van der Waals surface area (Å²) in [5.74, 6) is 0.104. The first kappa shape index (κ1) is 17.6. The van der Waals surface area contributed by atoms with Gasteiger partial charge in [-0.15, -0.1) is 11.3 Å². The highest BCUT2D eigenvalue weighted by Gasteiger charge is 2.22. The number of piperazine rings is 1. The Morgan fingerprint density at radius 2 is 1.84 bits per heavy atom. The Balaban J connectivity index is 1.40. The zero-order valence-electron chi connectivity index (χ0n) is 14.4. The molecular formula is C19H23N3O2S. The van der Waals surface area contributed by atoms with Crippen LogP contribution < -0.4 is 5.32 Å². The third-order valence-corrected chi connectivity index (χ3v) is 5.35. The van der Waals surface area contributed by atoms with Gasteiger partial charge in [-0.2, -0.15) is 0 Å². The molecule has 0 radical (unpaired) electrons. The number of thiophene rings is 1. The number of nitrogens with zero attached hydrogens (tertiary/aromatic N) is 2. The van der Waals surface area contributed by atoms with Crippen molar-refractivity contribution in [3.8, 4) is 0 Å². The van der Waals surface area contributed by atoms with E-state index in [1.807, 2.05) is 53.6 Å². The van der Waals surface area contributed by atoms with Crippen LogP contribution >= 0.6 is 11.3 Å². The van der Waals surface area contributed by atoms with Crippen molar-refractivity contribution in [2.24, 2.45) is 0 Å². The summed E-state index contributed by atoms with van der Waals surface area (Å²) in [7, 11) is 0. The molecule has 0 saturated carbocycles. The van der Waals surface area contributed by atoms with Crippen molar-refractivity contribution < 1.29 is 9.59 Å². The van der Waals surface area contributed by atoms with E-state index in [0.717, 1.165) is 48.7 Å². The van der Waals surface area contributed by atoms with Gasteiger partial charge in [-0.25, -0.2) is 0 Å². The minimum absolute atomic E-state index is 0.0235. The van der Waals surface area contributed by atoms with E-state index in [-0.39, 0.29) is 11.8 Å². The zero-order chi connectivity index (χ0) is 17.6. The number of carbonyl (C=O) groups is 2. The largest absolute Gasteiger partial charge is 0.351 e. The van der Waals surface area contributed by atoms with E-state index in [1.165, 1.54) is 11.3 Å². The number of carbonyl (C=O) groups excluding carboxylic acids is 2. The molecule has 5 nitrogen and oxygen atoms in total. The average Bonchev–Trinajstić information content (AvgIpc) is 3.16. The highest BCUT2D eigenvalue weighted by atomic mass is 32.1. The molecule has 1 N–H and O–H groups in total. The molecule has 1 fully saturated rings. The number of amides is 2. The second-order valence-electron chi connectivity index (χ2n) is 6.18. The van der Waals surface area contributed by atoms with Gasteiger partial charge in [0.2, 0.25) is 0 Å². The SMILES string of the molecule is Cc1ccccc1C(=O)NCCN1CCN(C(=O)c2cccs2)CC1. The van der Waals surface area contributed by atoms with Crippen molar-refractivity contribution in [3.05, 3.63) is 57.8 Å². The van der Waals surface area contributed by atoms with Crippen LogP contribution in [0.5, 0.6) is 0 Å². The first-order valence-electron chi connectivity index (χ1n) is 8.54.